The first-order valence-electron chi connectivity index (χ1n) is 6.42. The van der Waals surface area contributed by atoms with Crippen molar-refractivity contribution in [3.8, 4) is 0 Å². The molecule has 0 aromatic heterocycles. The molecule has 0 heterocycles. The quantitative estimate of drug-likeness (QED) is 0.319. The molecule has 0 radical (unpaired) electrons. The van der Waals surface area contributed by atoms with Crippen LogP contribution in [-0.4, -0.2) is 46.9 Å². The zero-order valence-corrected chi connectivity index (χ0v) is 14.8. The molecule has 0 unspecified atom stereocenters. The molecular weight excluding hydrogens is 367 g/mol. The van der Waals surface area contributed by atoms with Crippen LogP contribution in [0.25, 0.3) is 0 Å². The number of benzene rings is 1. The van der Waals surface area contributed by atoms with Crippen molar-refractivity contribution in [1.29, 1.82) is 0 Å². The van der Waals surface area contributed by atoms with E-state index < -0.39 is 0 Å². The zero-order valence-electron chi connectivity index (χ0n) is 12.4. The summed E-state index contributed by atoms with van der Waals surface area (Å²) in [5, 5.41) is 3.09. The topological polar surface area (TPSA) is 62.9 Å². The predicted octanol–water partition coefficient (Wildman–Crippen LogP) is 1.46. The van der Waals surface area contributed by atoms with Gasteiger partial charge in [-0.1, -0.05) is 12.1 Å². The number of nitrogens with zero attached hydrogens (tertiary/aromatic N) is 2. The highest BCUT2D eigenvalue weighted by Gasteiger charge is 1.97. The highest BCUT2D eigenvalue weighted by molar-refractivity contribution is 14.0. The van der Waals surface area contributed by atoms with Crippen LogP contribution in [0, 0.1) is 0 Å². The summed E-state index contributed by atoms with van der Waals surface area (Å²) < 4.78 is 4.90. The molecule has 6 heteroatoms. The number of ether oxygens (including phenoxy) is 1. The first-order chi connectivity index (χ1) is 9.13. The molecule has 1 aromatic carbocycles. The average Bonchev–Trinajstić information content (AvgIpc) is 2.39. The molecular formula is C14H25IN4O. The van der Waals surface area contributed by atoms with Crippen LogP contribution < -0.4 is 16.0 Å². The monoisotopic (exact) mass is 392 g/mol. The highest BCUT2D eigenvalue weighted by atomic mass is 127. The summed E-state index contributed by atoms with van der Waals surface area (Å²) in [6.45, 7) is 1.96. The summed E-state index contributed by atoms with van der Waals surface area (Å²) in [4.78, 5) is 6.22. The second-order valence-electron chi connectivity index (χ2n) is 4.50. The molecule has 0 aliphatic rings. The summed E-state index contributed by atoms with van der Waals surface area (Å²) in [6, 6.07) is 8.50. The van der Waals surface area contributed by atoms with Gasteiger partial charge in [0.1, 0.15) is 0 Å². The van der Waals surface area contributed by atoms with Gasteiger partial charge < -0.3 is 20.7 Å². The lowest BCUT2D eigenvalue weighted by Crippen LogP contribution is -2.33. The van der Waals surface area contributed by atoms with Crippen molar-refractivity contribution >= 4 is 35.6 Å². The van der Waals surface area contributed by atoms with Crippen molar-refractivity contribution in [1.82, 2.24) is 5.32 Å². The molecule has 114 valence electrons. The van der Waals surface area contributed by atoms with E-state index in [-0.39, 0.29) is 24.0 Å². The number of hydrogen-bond acceptors (Lipinski definition) is 3. The van der Waals surface area contributed by atoms with E-state index in [1.54, 1.807) is 7.11 Å². The summed E-state index contributed by atoms with van der Waals surface area (Å²) in [5.41, 5.74) is 8.21. The third-order valence-corrected chi connectivity index (χ3v) is 2.75. The van der Waals surface area contributed by atoms with Gasteiger partial charge in [-0.2, -0.15) is 0 Å². The van der Waals surface area contributed by atoms with Crippen LogP contribution in [0.3, 0.4) is 0 Å². The lowest BCUT2D eigenvalue weighted by atomic mass is 10.1. The van der Waals surface area contributed by atoms with Crippen LogP contribution >= 0.6 is 24.0 Å². The number of nitrogens with two attached hydrogens (primary N) is 1. The number of rotatable bonds is 7. The van der Waals surface area contributed by atoms with Gasteiger partial charge in [-0.25, -0.2) is 0 Å². The van der Waals surface area contributed by atoms with Crippen molar-refractivity contribution in [2.75, 3.05) is 45.8 Å². The molecule has 0 aliphatic heterocycles. The molecule has 0 aliphatic carbocycles. The van der Waals surface area contributed by atoms with Crippen LogP contribution in [-0.2, 0) is 11.2 Å². The van der Waals surface area contributed by atoms with E-state index in [4.69, 9.17) is 10.5 Å². The van der Waals surface area contributed by atoms with Crippen LogP contribution in [0.1, 0.15) is 5.56 Å². The van der Waals surface area contributed by atoms with Crippen molar-refractivity contribution < 1.29 is 4.74 Å². The fourth-order valence-corrected chi connectivity index (χ4v) is 1.61. The Morgan fingerprint density at radius 3 is 2.50 bits per heavy atom. The van der Waals surface area contributed by atoms with Gasteiger partial charge in [0.2, 0.25) is 0 Å². The van der Waals surface area contributed by atoms with Crippen molar-refractivity contribution in [3.05, 3.63) is 29.8 Å². The zero-order chi connectivity index (χ0) is 14.1. The second-order valence-corrected chi connectivity index (χ2v) is 4.50. The van der Waals surface area contributed by atoms with Crippen LogP contribution in [0.2, 0.25) is 0 Å². The van der Waals surface area contributed by atoms with Gasteiger partial charge in [0.25, 0.3) is 0 Å². The summed E-state index contributed by atoms with van der Waals surface area (Å²) in [7, 11) is 5.72. The van der Waals surface area contributed by atoms with Gasteiger partial charge in [-0.05, 0) is 24.1 Å². The number of methoxy groups -OCH3 is 1. The first kappa shape index (κ1) is 19.0. The first-order valence-corrected chi connectivity index (χ1v) is 6.42. The largest absolute Gasteiger partial charge is 0.383 e. The lowest BCUT2D eigenvalue weighted by Gasteiger charge is -2.12. The van der Waals surface area contributed by atoms with E-state index in [1.165, 1.54) is 11.3 Å². The number of anilines is 1. The van der Waals surface area contributed by atoms with Crippen LogP contribution in [0.15, 0.2) is 29.3 Å². The van der Waals surface area contributed by atoms with Gasteiger partial charge in [-0.15, -0.1) is 24.0 Å². The van der Waals surface area contributed by atoms with Gasteiger partial charge in [0, 0.05) is 33.4 Å². The standard InChI is InChI=1S/C14H24N4O.HI/c1-18(2)13-6-4-12(5-7-13)8-9-16-14(15)17-10-11-19-3;/h4-7H,8-11H2,1-3H3,(H3,15,16,17);1H. The van der Waals surface area contributed by atoms with Gasteiger partial charge in [0.05, 0.1) is 13.2 Å². The predicted molar refractivity (Wildman–Crippen MR) is 96.3 cm³/mol. The van der Waals surface area contributed by atoms with Crippen LogP contribution in [0.4, 0.5) is 5.69 Å². The van der Waals surface area contributed by atoms with Gasteiger partial charge >= 0.3 is 0 Å². The Morgan fingerprint density at radius 1 is 1.30 bits per heavy atom. The van der Waals surface area contributed by atoms with Gasteiger partial charge in [-0.3, -0.25) is 4.99 Å². The molecule has 3 N–H and O–H groups in total. The lowest BCUT2D eigenvalue weighted by molar-refractivity contribution is 0.208. The number of guanidine groups is 1. The molecule has 0 fully saturated rings. The summed E-state index contributed by atoms with van der Waals surface area (Å²) in [5.74, 6) is 0.474. The third kappa shape index (κ3) is 7.54. The molecule has 0 atom stereocenters. The molecule has 0 bridgehead atoms. The Kier molecular flexibility index (Phi) is 10.2. The average molecular weight is 392 g/mol. The van der Waals surface area contributed by atoms with Crippen LogP contribution in [0.5, 0.6) is 0 Å². The smallest absolute Gasteiger partial charge is 0.188 e. The van der Waals surface area contributed by atoms with E-state index in [2.05, 4.69) is 39.5 Å². The van der Waals surface area contributed by atoms with E-state index in [0.717, 1.165) is 13.0 Å². The Balaban J connectivity index is 0.00000361. The Hall–Kier alpha value is -1.02. The third-order valence-electron chi connectivity index (χ3n) is 2.75. The van der Waals surface area contributed by atoms with Crippen molar-refractivity contribution in [3.63, 3.8) is 0 Å². The minimum atomic E-state index is 0. The Bertz CT molecular complexity index is 393. The summed E-state index contributed by atoms with van der Waals surface area (Å²) in [6.07, 6.45) is 0.925. The normalized spacial score (nSPS) is 10.8. The number of aliphatic imine (C=N–C) groups is 1. The fraction of sp³-hybridized carbons (Fsp3) is 0.500. The fourth-order valence-electron chi connectivity index (χ4n) is 1.61. The SMILES string of the molecule is COCCN=C(N)NCCc1ccc(N(C)C)cc1.I. The highest BCUT2D eigenvalue weighted by Crippen LogP contribution is 2.12. The van der Waals surface area contributed by atoms with E-state index in [1.807, 2.05) is 14.1 Å². The maximum absolute atomic E-state index is 5.72. The molecule has 1 rings (SSSR count). The Labute approximate surface area is 138 Å². The van der Waals surface area contributed by atoms with E-state index in [0.29, 0.717) is 19.1 Å². The van der Waals surface area contributed by atoms with E-state index in [9.17, 15) is 0 Å². The molecule has 0 saturated carbocycles. The molecule has 5 nitrogen and oxygen atoms in total. The van der Waals surface area contributed by atoms with E-state index >= 15 is 0 Å². The minimum absolute atomic E-state index is 0. The molecule has 0 spiro atoms. The maximum Gasteiger partial charge on any atom is 0.188 e. The number of halogens is 1. The molecule has 1 aromatic rings. The summed E-state index contributed by atoms with van der Waals surface area (Å²) >= 11 is 0. The second kappa shape index (κ2) is 10.7. The minimum Gasteiger partial charge on any atom is -0.383 e. The van der Waals surface area contributed by atoms with Crippen molar-refractivity contribution in [2.45, 2.75) is 6.42 Å². The maximum atomic E-state index is 5.72. The van der Waals surface area contributed by atoms with Gasteiger partial charge in [0.15, 0.2) is 5.96 Å². The number of hydrogen-bond donors (Lipinski definition) is 2. The molecule has 0 saturated heterocycles. The molecule has 20 heavy (non-hydrogen) atoms. The van der Waals surface area contributed by atoms with Crippen molar-refractivity contribution in [2.24, 2.45) is 10.7 Å². The number of nitrogens with one attached hydrogen (secondary N) is 1. The molecule has 0 amide bonds. The Morgan fingerprint density at radius 2 is 1.95 bits per heavy atom.